The van der Waals surface area contributed by atoms with E-state index >= 15 is 0 Å². The van der Waals surface area contributed by atoms with Gasteiger partial charge in [0, 0.05) is 16.1 Å². The van der Waals surface area contributed by atoms with Crippen molar-refractivity contribution in [1.29, 1.82) is 0 Å². The zero-order valence-corrected chi connectivity index (χ0v) is 17.3. The summed E-state index contributed by atoms with van der Waals surface area (Å²) in [4.78, 5) is 26.7. The Morgan fingerprint density at radius 3 is 2.37 bits per heavy atom. The summed E-state index contributed by atoms with van der Waals surface area (Å²) >= 11 is 6.01. The van der Waals surface area contributed by atoms with Crippen molar-refractivity contribution >= 4 is 28.4 Å². The van der Waals surface area contributed by atoms with Gasteiger partial charge in [0.25, 0.3) is 0 Å². The highest BCUT2D eigenvalue weighted by Gasteiger charge is 2.23. The number of carbonyl (C=O) groups is 1. The van der Waals surface area contributed by atoms with Crippen LogP contribution in [-0.2, 0) is 0 Å². The Kier molecular flexibility index (Phi) is 5.42. The van der Waals surface area contributed by atoms with Crippen LogP contribution in [0.5, 0.6) is 5.75 Å². The highest BCUT2D eigenvalue weighted by Crippen LogP contribution is 2.29. The van der Waals surface area contributed by atoms with E-state index < -0.39 is 5.78 Å². The fourth-order valence-electron chi connectivity index (χ4n) is 3.32. The smallest absolute Gasteiger partial charge is 0.204 e. The molecule has 0 atom stereocenters. The van der Waals surface area contributed by atoms with Crippen molar-refractivity contribution in [3.05, 3.63) is 98.7 Å². The van der Waals surface area contributed by atoms with Gasteiger partial charge in [0.1, 0.15) is 22.7 Å². The molecule has 0 aliphatic rings. The number of hydrogen-bond acceptors (Lipinski definition) is 4. The Labute approximate surface area is 178 Å². The van der Waals surface area contributed by atoms with Crippen LogP contribution < -0.4 is 10.2 Å². The second-order valence-corrected chi connectivity index (χ2v) is 7.36. The molecule has 0 aliphatic carbocycles. The molecule has 0 unspecified atom stereocenters. The number of rotatable bonds is 5. The molecule has 1 aromatic heterocycles. The molecule has 1 heterocycles. The number of carbonyl (C=O) groups excluding carboxylic acids is 1. The van der Waals surface area contributed by atoms with Gasteiger partial charge in [-0.15, -0.1) is 0 Å². The third-order valence-electron chi connectivity index (χ3n) is 4.81. The van der Waals surface area contributed by atoms with Crippen molar-refractivity contribution in [1.82, 2.24) is 0 Å². The molecule has 0 spiro atoms. The summed E-state index contributed by atoms with van der Waals surface area (Å²) in [5.41, 5.74) is 2.02. The first-order valence-corrected chi connectivity index (χ1v) is 9.96. The van der Waals surface area contributed by atoms with Gasteiger partial charge in [-0.05, 0) is 80.1 Å². The van der Waals surface area contributed by atoms with E-state index in [0.717, 1.165) is 5.56 Å². The van der Waals surface area contributed by atoms with E-state index in [1.165, 1.54) is 0 Å². The van der Waals surface area contributed by atoms with Gasteiger partial charge in [0.2, 0.25) is 11.2 Å². The zero-order valence-electron chi connectivity index (χ0n) is 16.6. The standard InChI is InChI=1S/C25H19ClO4/c1-3-29-19-11-7-16(8-12-19)23(27)22-24(28)20-13-4-15(2)14-21(20)30-25(22)17-5-9-18(26)10-6-17/h4-14H,3H2,1-2H3. The molecule has 0 aliphatic heterocycles. The number of ketones is 1. The van der Waals surface area contributed by atoms with Crippen LogP contribution >= 0.6 is 11.6 Å². The quantitative estimate of drug-likeness (QED) is 0.370. The molecule has 4 nitrogen and oxygen atoms in total. The van der Waals surface area contributed by atoms with Crippen LogP contribution in [0.25, 0.3) is 22.3 Å². The van der Waals surface area contributed by atoms with Gasteiger partial charge in [-0.1, -0.05) is 17.7 Å². The summed E-state index contributed by atoms with van der Waals surface area (Å²) in [5.74, 6) is 0.487. The predicted molar refractivity (Wildman–Crippen MR) is 119 cm³/mol. The van der Waals surface area contributed by atoms with Crippen LogP contribution in [0, 0.1) is 6.92 Å². The molecule has 0 bridgehead atoms. The monoisotopic (exact) mass is 418 g/mol. The minimum Gasteiger partial charge on any atom is -0.494 e. The number of ether oxygens (including phenoxy) is 1. The topological polar surface area (TPSA) is 56.5 Å². The van der Waals surface area contributed by atoms with Gasteiger partial charge in [-0.2, -0.15) is 0 Å². The molecule has 150 valence electrons. The van der Waals surface area contributed by atoms with Gasteiger partial charge < -0.3 is 9.15 Å². The summed E-state index contributed by atoms with van der Waals surface area (Å²) in [7, 11) is 0. The van der Waals surface area contributed by atoms with Crippen LogP contribution in [0.3, 0.4) is 0 Å². The molecule has 0 saturated carbocycles. The summed E-state index contributed by atoms with van der Waals surface area (Å²) in [6, 6.07) is 18.9. The number of benzene rings is 3. The Hall–Kier alpha value is -3.37. The van der Waals surface area contributed by atoms with Crippen LogP contribution in [0.2, 0.25) is 5.02 Å². The van der Waals surface area contributed by atoms with Crippen LogP contribution in [0.1, 0.15) is 28.4 Å². The highest BCUT2D eigenvalue weighted by atomic mass is 35.5. The maximum Gasteiger partial charge on any atom is 0.204 e. The molecule has 4 rings (SSSR count). The lowest BCUT2D eigenvalue weighted by atomic mass is 9.97. The number of halogens is 1. The van der Waals surface area contributed by atoms with Gasteiger partial charge in [-0.25, -0.2) is 0 Å². The van der Waals surface area contributed by atoms with E-state index in [2.05, 4.69) is 0 Å². The molecule has 30 heavy (non-hydrogen) atoms. The molecule has 0 N–H and O–H groups in total. The second kappa shape index (κ2) is 8.17. The van der Waals surface area contributed by atoms with Gasteiger partial charge in [-0.3, -0.25) is 9.59 Å². The fraction of sp³-hybridized carbons (Fsp3) is 0.120. The lowest BCUT2D eigenvalue weighted by Gasteiger charge is -2.11. The summed E-state index contributed by atoms with van der Waals surface area (Å²) in [5, 5.41) is 0.921. The van der Waals surface area contributed by atoms with E-state index in [1.54, 1.807) is 60.7 Å². The van der Waals surface area contributed by atoms with E-state index in [9.17, 15) is 9.59 Å². The SMILES string of the molecule is CCOc1ccc(C(=O)c2c(-c3ccc(Cl)cc3)oc3cc(C)ccc3c2=O)cc1. The van der Waals surface area contributed by atoms with Gasteiger partial charge in [0.15, 0.2) is 0 Å². The van der Waals surface area contributed by atoms with Crippen LogP contribution in [0.4, 0.5) is 0 Å². The Morgan fingerprint density at radius 2 is 1.70 bits per heavy atom. The molecular weight excluding hydrogens is 400 g/mol. The fourth-order valence-corrected chi connectivity index (χ4v) is 3.45. The molecule has 0 saturated heterocycles. The lowest BCUT2D eigenvalue weighted by Crippen LogP contribution is -2.18. The second-order valence-electron chi connectivity index (χ2n) is 6.93. The first kappa shape index (κ1) is 19.9. The average Bonchev–Trinajstić information content (AvgIpc) is 2.74. The van der Waals surface area contributed by atoms with Crippen molar-refractivity contribution in [2.75, 3.05) is 6.61 Å². The third kappa shape index (κ3) is 3.74. The van der Waals surface area contributed by atoms with E-state index in [4.69, 9.17) is 20.8 Å². The third-order valence-corrected chi connectivity index (χ3v) is 5.06. The zero-order chi connectivity index (χ0) is 21.3. The summed E-state index contributed by atoms with van der Waals surface area (Å²) in [6.07, 6.45) is 0. The van der Waals surface area contributed by atoms with Gasteiger partial charge in [0.05, 0.1) is 12.0 Å². The first-order chi connectivity index (χ1) is 14.5. The summed E-state index contributed by atoms with van der Waals surface area (Å²) in [6.45, 7) is 4.33. The van der Waals surface area contributed by atoms with Gasteiger partial charge >= 0.3 is 0 Å². The van der Waals surface area contributed by atoms with E-state index in [1.807, 2.05) is 19.9 Å². The average molecular weight is 419 g/mol. The minimum atomic E-state index is -0.403. The number of aryl methyl sites for hydroxylation is 1. The molecule has 0 amide bonds. The molecule has 5 heteroatoms. The predicted octanol–water partition coefficient (Wildman–Crippen LogP) is 6.05. The molecular formula is C25H19ClO4. The minimum absolute atomic E-state index is 0.00200. The van der Waals surface area contributed by atoms with Crippen molar-refractivity contribution in [3.8, 4) is 17.1 Å². The van der Waals surface area contributed by atoms with Crippen LogP contribution in [0.15, 0.2) is 75.9 Å². The molecule has 0 fully saturated rings. The largest absolute Gasteiger partial charge is 0.494 e. The molecule has 3 aromatic carbocycles. The van der Waals surface area contributed by atoms with Crippen molar-refractivity contribution in [2.45, 2.75) is 13.8 Å². The van der Waals surface area contributed by atoms with Crippen molar-refractivity contribution in [2.24, 2.45) is 0 Å². The Bertz CT molecular complexity index is 1290. The Balaban J connectivity index is 1.94. The number of fused-ring (bicyclic) bond motifs is 1. The number of hydrogen-bond donors (Lipinski definition) is 0. The maximum absolute atomic E-state index is 13.4. The van der Waals surface area contributed by atoms with Crippen LogP contribution in [-0.4, -0.2) is 12.4 Å². The van der Waals surface area contributed by atoms with Crippen molar-refractivity contribution in [3.63, 3.8) is 0 Å². The first-order valence-electron chi connectivity index (χ1n) is 9.59. The Morgan fingerprint density at radius 1 is 1.00 bits per heavy atom. The highest BCUT2D eigenvalue weighted by molar-refractivity contribution is 6.30. The lowest BCUT2D eigenvalue weighted by molar-refractivity contribution is 0.103. The maximum atomic E-state index is 13.4. The molecule has 0 radical (unpaired) electrons. The van der Waals surface area contributed by atoms with Crippen molar-refractivity contribution < 1.29 is 13.9 Å². The molecule has 4 aromatic rings. The van der Waals surface area contributed by atoms with E-state index in [-0.39, 0.29) is 16.8 Å². The van der Waals surface area contributed by atoms with E-state index in [0.29, 0.717) is 39.5 Å². The summed E-state index contributed by atoms with van der Waals surface area (Å²) < 4.78 is 11.5. The normalized spacial score (nSPS) is 10.9.